The average molecular weight is 368 g/mol. The van der Waals surface area contributed by atoms with E-state index in [4.69, 9.17) is 21.3 Å². The molecule has 6 N–H and O–H groups in total. The average Bonchev–Trinajstić information content (AvgIpc) is 3.15. The number of anilines is 1. The molecule has 0 amide bonds. The summed E-state index contributed by atoms with van der Waals surface area (Å²) in [7, 11) is 0. The number of rotatable bonds is 7. The number of aliphatic carboxylic acids is 1. The number of aliphatic hydroxyl groups excluding tert-OH is 1. The lowest BCUT2D eigenvalue weighted by Gasteiger charge is -2.16. The monoisotopic (exact) mass is 368 g/mol. The normalized spacial score (nSPS) is 24.6. The van der Waals surface area contributed by atoms with Crippen molar-refractivity contribution < 1.29 is 19.7 Å². The van der Waals surface area contributed by atoms with Crippen molar-refractivity contribution in [1.82, 2.24) is 19.5 Å². The van der Waals surface area contributed by atoms with Gasteiger partial charge in [0.2, 0.25) is 0 Å². The number of nitrogens with two attached hydrogens (primary N) is 2. The minimum atomic E-state index is -0.999. The number of hydrogen-bond donors (Lipinski definition) is 4. The number of imidazole rings is 1. The van der Waals surface area contributed by atoms with Gasteiger partial charge in [0.1, 0.15) is 24.0 Å². The molecule has 3 heterocycles. The number of hydrogen-bond acceptors (Lipinski definition) is 9. The van der Waals surface area contributed by atoms with Crippen LogP contribution in [0.15, 0.2) is 12.7 Å². The fourth-order valence-corrected chi connectivity index (χ4v) is 3.76. The van der Waals surface area contributed by atoms with Gasteiger partial charge in [-0.2, -0.15) is 11.8 Å². The van der Waals surface area contributed by atoms with Crippen LogP contribution in [0.3, 0.4) is 0 Å². The van der Waals surface area contributed by atoms with Crippen LogP contribution in [0.1, 0.15) is 19.1 Å². The molecule has 0 aliphatic carbocycles. The van der Waals surface area contributed by atoms with Crippen LogP contribution < -0.4 is 11.5 Å². The fraction of sp³-hybridized carbons (Fsp3) is 0.571. The van der Waals surface area contributed by atoms with Gasteiger partial charge >= 0.3 is 5.97 Å². The first-order valence-corrected chi connectivity index (χ1v) is 8.95. The van der Waals surface area contributed by atoms with Gasteiger partial charge in [0, 0.05) is 12.2 Å². The maximum Gasteiger partial charge on any atom is 0.320 e. The van der Waals surface area contributed by atoms with Crippen LogP contribution >= 0.6 is 11.8 Å². The van der Waals surface area contributed by atoms with Crippen molar-refractivity contribution in [2.75, 3.05) is 17.2 Å². The molecule has 0 radical (unpaired) electrons. The molecule has 0 aromatic carbocycles. The number of fused-ring (bicyclic) bond motifs is 1. The van der Waals surface area contributed by atoms with E-state index in [-0.39, 0.29) is 11.9 Å². The minimum absolute atomic E-state index is 0.150. The highest BCUT2D eigenvalue weighted by Gasteiger charge is 2.36. The number of aliphatic hydroxyl groups is 1. The maximum absolute atomic E-state index is 10.7. The lowest BCUT2D eigenvalue weighted by molar-refractivity contribution is -0.138. The van der Waals surface area contributed by atoms with Crippen molar-refractivity contribution in [3.05, 3.63) is 12.7 Å². The van der Waals surface area contributed by atoms with Gasteiger partial charge in [-0.25, -0.2) is 15.0 Å². The number of nitrogen functional groups attached to an aromatic ring is 1. The largest absolute Gasteiger partial charge is 0.480 e. The Morgan fingerprint density at radius 3 is 3.04 bits per heavy atom. The predicted octanol–water partition coefficient (Wildman–Crippen LogP) is -0.408. The van der Waals surface area contributed by atoms with E-state index < -0.39 is 24.3 Å². The molecule has 3 rings (SSSR count). The summed E-state index contributed by atoms with van der Waals surface area (Å²) in [6, 6.07) is -0.849. The quantitative estimate of drug-likeness (QED) is 0.472. The number of aromatic nitrogens is 4. The Hall–Kier alpha value is -1.95. The Bertz CT molecular complexity index is 756. The van der Waals surface area contributed by atoms with Crippen molar-refractivity contribution in [2.45, 2.75) is 37.3 Å². The van der Waals surface area contributed by atoms with Crippen LogP contribution in [-0.2, 0) is 9.53 Å². The summed E-state index contributed by atoms with van der Waals surface area (Å²) < 4.78 is 7.58. The molecule has 0 bridgehead atoms. The summed E-state index contributed by atoms with van der Waals surface area (Å²) in [4.78, 5) is 22.9. The van der Waals surface area contributed by atoms with Gasteiger partial charge in [0.15, 0.2) is 17.7 Å². The van der Waals surface area contributed by atoms with Crippen molar-refractivity contribution in [2.24, 2.45) is 5.73 Å². The van der Waals surface area contributed by atoms with Crippen LogP contribution in [0, 0.1) is 0 Å². The second kappa shape index (κ2) is 7.52. The zero-order chi connectivity index (χ0) is 18.0. The lowest BCUT2D eigenvalue weighted by Crippen LogP contribution is -2.30. The summed E-state index contributed by atoms with van der Waals surface area (Å²) in [5, 5.41) is 19.1. The van der Waals surface area contributed by atoms with Crippen molar-refractivity contribution >= 4 is 34.7 Å². The highest BCUT2D eigenvalue weighted by atomic mass is 32.2. The third kappa shape index (κ3) is 3.84. The first-order chi connectivity index (χ1) is 12.0. The van der Waals surface area contributed by atoms with Crippen molar-refractivity contribution in [3.8, 4) is 0 Å². The van der Waals surface area contributed by atoms with E-state index in [9.17, 15) is 9.90 Å². The number of carbonyl (C=O) groups is 1. The van der Waals surface area contributed by atoms with Gasteiger partial charge in [-0.05, 0) is 12.2 Å². The van der Waals surface area contributed by atoms with E-state index in [1.54, 1.807) is 16.3 Å². The molecule has 0 unspecified atom stereocenters. The molecule has 11 heteroatoms. The van der Waals surface area contributed by atoms with E-state index in [2.05, 4.69) is 15.0 Å². The number of carboxylic acid groups (broad SMARTS) is 1. The molecule has 2 aromatic rings. The Labute approximate surface area is 147 Å². The van der Waals surface area contributed by atoms with Crippen LogP contribution in [-0.4, -0.2) is 65.5 Å². The fourth-order valence-electron chi connectivity index (χ4n) is 2.69. The highest BCUT2D eigenvalue weighted by molar-refractivity contribution is 7.99. The number of nitrogens with zero attached hydrogens (tertiary/aromatic N) is 4. The van der Waals surface area contributed by atoms with Crippen LogP contribution in [0.25, 0.3) is 11.2 Å². The first kappa shape index (κ1) is 17.9. The van der Waals surface area contributed by atoms with Crippen LogP contribution in [0.2, 0.25) is 0 Å². The third-order valence-corrected chi connectivity index (χ3v) is 5.15. The lowest BCUT2D eigenvalue weighted by atomic mass is 10.2. The molecule has 25 heavy (non-hydrogen) atoms. The van der Waals surface area contributed by atoms with Crippen LogP contribution in [0.4, 0.5) is 5.82 Å². The maximum atomic E-state index is 10.7. The summed E-state index contributed by atoms with van der Waals surface area (Å²) in [5.41, 5.74) is 12.2. The molecule has 4 atom stereocenters. The molecule has 0 spiro atoms. The number of ether oxygens (including phenoxy) is 1. The van der Waals surface area contributed by atoms with E-state index in [0.29, 0.717) is 35.5 Å². The van der Waals surface area contributed by atoms with Gasteiger partial charge in [0.25, 0.3) is 0 Å². The number of thioether (sulfide) groups is 1. The van der Waals surface area contributed by atoms with Gasteiger partial charge in [-0.3, -0.25) is 9.36 Å². The molecule has 1 aliphatic heterocycles. The molecule has 1 aliphatic rings. The second-order valence-corrected chi connectivity index (χ2v) is 6.99. The first-order valence-electron chi connectivity index (χ1n) is 7.80. The van der Waals surface area contributed by atoms with Crippen molar-refractivity contribution in [3.63, 3.8) is 0 Å². The zero-order valence-corrected chi connectivity index (χ0v) is 14.2. The second-order valence-electron chi connectivity index (χ2n) is 5.84. The molecule has 0 saturated carbocycles. The number of carboxylic acids is 1. The third-order valence-electron chi connectivity index (χ3n) is 4.02. The van der Waals surface area contributed by atoms with E-state index in [1.807, 2.05) is 0 Å². The van der Waals surface area contributed by atoms with Crippen molar-refractivity contribution in [1.29, 1.82) is 0 Å². The molecular formula is C14H20N6O4S. The smallest absolute Gasteiger partial charge is 0.320 e. The summed E-state index contributed by atoms with van der Waals surface area (Å²) in [5.74, 6) is 0.537. The van der Waals surface area contributed by atoms with Gasteiger partial charge in [0.05, 0.1) is 12.4 Å². The SMILES string of the molecule is Nc1ncnc2c1ncn2[C@@H]1O[C@H](CSCC[C@H](N)C(=O)O)C[C@H]1O. The van der Waals surface area contributed by atoms with E-state index in [0.717, 1.165) is 0 Å². The Balaban J connectivity index is 1.58. The van der Waals surface area contributed by atoms with E-state index >= 15 is 0 Å². The molecular weight excluding hydrogens is 348 g/mol. The summed E-state index contributed by atoms with van der Waals surface area (Å²) in [6.45, 7) is 0. The van der Waals surface area contributed by atoms with Gasteiger partial charge < -0.3 is 26.4 Å². The highest BCUT2D eigenvalue weighted by Crippen LogP contribution is 2.32. The van der Waals surface area contributed by atoms with Crippen LogP contribution in [0.5, 0.6) is 0 Å². The Kier molecular flexibility index (Phi) is 5.37. The molecule has 2 aromatic heterocycles. The summed E-state index contributed by atoms with van der Waals surface area (Å²) in [6.07, 6.45) is 2.31. The van der Waals surface area contributed by atoms with Gasteiger partial charge in [-0.1, -0.05) is 0 Å². The molecule has 10 nitrogen and oxygen atoms in total. The zero-order valence-electron chi connectivity index (χ0n) is 13.4. The Morgan fingerprint density at radius 1 is 1.48 bits per heavy atom. The molecule has 1 saturated heterocycles. The standard InChI is InChI=1S/C14H20N6O4S/c15-8(14(22)23)1-2-25-4-7-3-9(21)13(24-7)20-6-19-10-11(16)17-5-18-12(10)20/h5-9,13,21H,1-4,15H2,(H,22,23)(H2,16,17,18)/t7-,8-,9+,13+/m0/s1. The molecule has 136 valence electrons. The predicted molar refractivity (Wildman–Crippen MR) is 91.8 cm³/mol. The summed E-state index contributed by atoms with van der Waals surface area (Å²) >= 11 is 1.55. The Morgan fingerprint density at radius 2 is 2.28 bits per heavy atom. The molecule has 1 fully saturated rings. The topological polar surface area (TPSA) is 162 Å². The minimum Gasteiger partial charge on any atom is -0.480 e. The van der Waals surface area contributed by atoms with Gasteiger partial charge in [-0.15, -0.1) is 0 Å². The van der Waals surface area contributed by atoms with E-state index in [1.165, 1.54) is 12.7 Å².